The summed E-state index contributed by atoms with van der Waals surface area (Å²) < 4.78 is 6.48. The molecule has 0 bridgehead atoms. The predicted molar refractivity (Wildman–Crippen MR) is 103 cm³/mol. The molecule has 1 spiro atoms. The minimum Gasteiger partial charge on any atom is -0.481 e. The molecule has 7 atom stereocenters. The van der Waals surface area contributed by atoms with Crippen molar-refractivity contribution >= 4 is 17.5 Å². The number of Topliss-reactive ketones (excluding diaryl/α,β-unsaturated/α-hetero) is 1. The molecule has 1 heterocycles. The van der Waals surface area contributed by atoms with Crippen LogP contribution in [0.2, 0.25) is 0 Å². The first kappa shape index (κ1) is 19.2. The van der Waals surface area contributed by atoms with Crippen molar-refractivity contribution in [1.82, 2.24) is 0 Å². The third-order valence-electron chi connectivity index (χ3n) is 8.85. The first-order valence-corrected chi connectivity index (χ1v) is 10.7. The van der Waals surface area contributed by atoms with Crippen LogP contribution in [0.4, 0.5) is 0 Å². The van der Waals surface area contributed by atoms with Gasteiger partial charge in [-0.2, -0.15) is 0 Å². The summed E-state index contributed by atoms with van der Waals surface area (Å²) in [7, 11) is 0. The Kier molecular flexibility index (Phi) is 3.89. The number of ketones is 2. The molecule has 3 fully saturated rings. The fraction of sp³-hybridized carbons (Fsp3) is 0.696. The lowest BCUT2D eigenvalue weighted by atomic mass is 9.46. The number of hydrogen-bond acceptors (Lipinski definition) is 5. The maximum atomic E-state index is 12.9. The van der Waals surface area contributed by atoms with Gasteiger partial charge in [-0.15, -0.1) is 0 Å². The van der Waals surface area contributed by atoms with Crippen LogP contribution >= 0.6 is 0 Å². The second-order valence-electron chi connectivity index (χ2n) is 10.1. The predicted octanol–water partition coefficient (Wildman–Crippen LogP) is 2.59. The Labute approximate surface area is 170 Å². The van der Waals surface area contributed by atoms with Gasteiger partial charge in [-0.3, -0.25) is 14.4 Å². The van der Waals surface area contributed by atoms with Crippen LogP contribution in [-0.4, -0.2) is 45.6 Å². The zero-order valence-electron chi connectivity index (χ0n) is 16.9. The van der Waals surface area contributed by atoms with E-state index in [-0.39, 0.29) is 28.8 Å². The average Bonchev–Trinajstić information content (AvgIpc) is 3.26. The zero-order valence-corrected chi connectivity index (χ0v) is 16.9. The van der Waals surface area contributed by atoms with Crippen LogP contribution < -0.4 is 0 Å². The molecule has 1 aliphatic heterocycles. The summed E-state index contributed by atoms with van der Waals surface area (Å²) in [5.74, 6) is -0.858. The number of carbonyl (C=O) groups excluding carboxylic acids is 2. The molecule has 4 aliphatic carbocycles. The number of aliphatic hydroxyl groups is 1. The van der Waals surface area contributed by atoms with E-state index in [2.05, 4.69) is 13.8 Å². The van der Waals surface area contributed by atoms with Crippen molar-refractivity contribution in [2.45, 2.75) is 76.6 Å². The van der Waals surface area contributed by atoms with Crippen LogP contribution in [0.25, 0.3) is 0 Å². The Hall–Kier alpha value is -1.79. The number of rotatable bonds is 4. The third-order valence-corrected chi connectivity index (χ3v) is 8.85. The van der Waals surface area contributed by atoms with Crippen LogP contribution in [0, 0.1) is 22.7 Å². The highest BCUT2D eigenvalue weighted by Gasteiger charge is 2.78. The topological polar surface area (TPSA) is 104 Å². The molecular formula is C23H28O6. The highest BCUT2D eigenvalue weighted by molar-refractivity contribution is 6.02. The van der Waals surface area contributed by atoms with E-state index >= 15 is 0 Å². The van der Waals surface area contributed by atoms with Crippen LogP contribution in [0.15, 0.2) is 23.3 Å². The first-order chi connectivity index (χ1) is 13.6. The summed E-state index contributed by atoms with van der Waals surface area (Å²) >= 11 is 0. The van der Waals surface area contributed by atoms with E-state index in [1.54, 1.807) is 0 Å². The molecule has 0 aromatic rings. The largest absolute Gasteiger partial charge is 0.481 e. The number of aliphatic hydroxyl groups excluding tert-OH is 1. The van der Waals surface area contributed by atoms with E-state index in [9.17, 15) is 19.5 Å². The number of ether oxygens (including phenoxy) is 1. The maximum Gasteiger partial charge on any atom is 0.306 e. The van der Waals surface area contributed by atoms with Crippen molar-refractivity contribution in [3.63, 3.8) is 0 Å². The van der Waals surface area contributed by atoms with Crippen LogP contribution in [0.1, 0.15) is 58.8 Å². The molecule has 5 rings (SSSR count). The van der Waals surface area contributed by atoms with Gasteiger partial charge < -0.3 is 14.9 Å². The fourth-order valence-corrected chi connectivity index (χ4v) is 7.41. The van der Waals surface area contributed by atoms with Gasteiger partial charge in [0.25, 0.3) is 0 Å². The number of carboxylic acid groups (broad SMARTS) is 1. The lowest BCUT2D eigenvalue weighted by molar-refractivity contribution is -0.142. The van der Waals surface area contributed by atoms with Crippen molar-refractivity contribution in [2.24, 2.45) is 22.7 Å². The Bertz CT molecular complexity index is 886. The van der Waals surface area contributed by atoms with Crippen LogP contribution in [-0.2, 0) is 19.1 Å². The standard InChI is InChI=1S/C23H28O6/c1-21-11-18-23(29-18)15(4-3-12-9-13(24)7-8-22(12,23)2)14(21)5-6-16(21)20(28)17(25)10-19(26)27/h6,9,14-15,17-18,25H,3-5,7-8,10-11H2,1-2H3,(H,26,27)/t14-,15-,17?,18-,21-,22-,23+/m0/s1. The summed E-state index contributed by atoms with van der Waals surface area (Å²) in [6.45, 7) is 4.34. The normalized spacial score (nSPS) is 45.8. The number of fused-ring (bicyclic) bond motifs is 3. The molecule has 0 aromatic carbocycles. The minimum absolute atomic E-state index is 0.0431. The van der Waals surface area contributed by atoms with Gasteiger partial charge in [0.2, 0.25) is 0 Å². The lowest BCUT2D eigenvalue weighted by Gasteiger charge is -2.55. The molecule has 6 nitrogen and oxygen atoms in total. The number of aliphatic carboxylic acids is 1. The van der Waals surface area contributed by atoms with Crippen molar-refractivity contribution in [3.8, 4) is 0 Å². The lowest BCUT2D eigenvalue weighted by Crippen LogP contribution is -2.57. The van der Waals surface area contributed by atoms with Gasteiger partial charge in [-0.1, -0.05) is 25.5 Å². The molecule has 0 aromatic heterocycles. The van der Waals surface area contributed by atoms with E-state index in [0.29, 0.717) is 24.3 Å². The third kappa shape index (κ3) is 2.33. The quantitative estimate of drug-likeness (QED) is 0.703. The Morgan fingerprint density at radius 2 is 2.03 bits per heavy atom. The highest BCUT2D eigenvalue weighted by atomic mass is 16.6. The van der Waals surface area contributed by atoms with Crippen molar-refractivity contribution in [1.29, 1.82) is 0 Å². The second kappa shape index (κ2) is 5.88. The van der Waals surface area contributed by atoms with Gasteiger partial charge in [0.1, 0.15) is 11.7 Å². The molecule has 6 heteroatoms. The maximum absolute atomic E-state index is 12.9. The van der Waals surface area contributed by atoms with Gasteiger partial charge in [-0.25, -0.2) is 0 Å². The number of epoxide rings is 1. The van der Waals surface area contributed by atoms with E-state index in [1.807, 2.05) is 12.2 Å². The molecule has 0 radical (unpaired) electrons. The Morgan fingerprint density at radius 1 is 1.28 bits per heavy atom. The summed E-state index contributed by atoms with van der Waals surface area (Å²) in [4.78, 5) is 35.8. The molecule has 29 heavy (non-hydrogen) atoms. The minimum atomic E-state index is -1.50. The molecule has 1 saturated heterocycles. The highest BCUT2D eigenvalue weighted by Crippen LogP contribution is 2.75. The number of hydrogen-bond donors (Lipinski definition) is 2. The second-order valence-corrected chi connectivity index (χ2v) is 10.1. The van der Waals surface area contributed by atoms with Crippen LogP contribution in [0.3, 0.4) is 0 Å². The van der Waals surface area contributed by atoms with Gasteiger partial charge in [0.05, 0.1) is 12.5 Å². The molecule has 156 valence electrons. The summed E-state index contributed by atoms with van der Waals surface area (Å²) in [5, 5.41) is 19.1. The summed E-state index contributed by atoms with van der Waals surface area (Å²) in [6, 6.07) is 0. The van der Waals surface area contributed by atoms with Gasteiger partial charge >= 0.3 is 5.97 Å². The van der Waals surface area contributed by atoms with E-state index < -0.39 is 29.7 Å². The SMILES string of the molecule is C[C@]12CCC(=O)C=C1CC[C@H]1[C@@H]3CC=C(C(=O)C(O)CC(=O)O)[C@@]3(C)C[C@@H]3O[C@@]312. The van der Waals surface area contributed by atoms with Gasteiger partial charge in [0, 0.05) is 22.8 Å². The Balaban J connectivity index is 1.46. The van der Waals surface area contributed by atoms with E-state index in [1.165, 1.54) is 5.57 Å². The van der Waals surface area contributed by atoms with Gasteiger partial charge in [-0.05, 0) is 50.0 Å². The molecule has 2 N–H and O–H groups in total. The fourth-order valence-electron chi connectivity index (χ4n) is 7.41. The molecular weight excluding hydrogens is 372 g/mol. The monoisotopic (exact) mass is 400 g/mol. The zero-order chi connectivity index (χ0) is 20.8. The van der Waals surface area contributed by atoms with Crippen LogP contribution in [0.5, 0.6) is 0 Å². The van der Waals surface area contributed by atoms with Crippen molar-refractivity contribution in [3.05, 3.63) is 23.3 Å². The molecule has 2 saturated carbocycles. The summed E-state index contributed by atoms with van der Waals surface area (Å²) in [5.41, 5.74) is 1.06. The van der Waals surface area contributed by atoms with Crippen molar-refractivity contribution < 1.29 is 29.3 Å². The van der Waals surface area contributed by atoms with E-state index in [4.69, 9.17) is 9.84 Å². The molecule has 0 amide bonds. The van der Waals surface area contributed by atoms with E-state index in [0.717, 1.165) is 25.7 Å². The smallest absolute Gasteiger partial charge is 0.306 e. The first-order valence-electron chi connectivity index (χ1n) is 10.7. The van der Waals surface area contributed by atoms with Crippen molar-refractivity contribution in [2.75, 3.05) is 0 Å². The average molecular weight is 400 g/mol. The number of allylic oxidation sites excluding steroid dienone is 2. The molecule has 5 aliphatic rings. The number of carboxylic acids is 1. The molecule has 1 unspecified atom stereocenters. The summed E-state index contributed by atoms with van der Waals surface area (Å²) in [6.07, 6.45) is 6.47. The van der Waals surface area contributed by atoms with Gasteiger partial charge in [0.15, 0.2) is 11.6 Å². The number of carbonyl (C=O) groups is 3. The Morgan fingerprint density at radius 3 is 2.76 bits per heavy atom.